The Morgan fingerprint density at radius 2 is 1.94 bits per heavy atom. The maximum Gasteiger partial charge on any atom is 0.312 e. The molecule has 3 aliphatic heterocycles. The summed E-state index contributed by atoms with van der Waals surface area (Å²) in [5, 5.41) is 12.1. The van der Waals surface area contributed by atoms with Crippen molar-refractivity contribution < 1.29 is 29.0 Å². The van der Waals surface area contributed by atoms with Gasteiger partial charge in [0.1, 0.15) is 17.6 Å². The molecule has 0 saturated carbocycles. The van der Waals surface area contributed by atoms with E-state index in [4.69, 9.17) is 14.6 Å². The lowest BCUT2D eigenvalue weighted by Crippen LogP contribution is -2.55. The van der Waals surface area contributed by atoms with Gasteiger partial charge in [0.25, 0.3) is 0 Å². The zero-order valence-electron chi connectivity index (χ0n) is 20.1. The maximum atomic E-state index is 13.8. The number of amides is 2. The standard InChI is InChI=1S/C26H36N2O6/c1-3-25-13-14-26(34-25)19(20(25)24(32)33-4-2)23(31)28(15-9-6-10-16-29)21(26)22(30)27-17-18-11-7-5-8-12-18/h5,7-8,11-12,19-21,29H,3-4,6,9-10,13-17H2,1-2H3,(H,27,30)/t19-,20-,21?,25+,26?/m0/s1. The van der Waals surface area contributed by atoms with E-state index in [1.807, 2.05) is 37.3 Å². The number of carbonyl (C=O) groups excluding carboxylic acids is 3. The molecule has 0 aliphatic carbocycles. The minimum Gasteiger partial charge on any atom is -0.466 e. The Morgan fingerprint density at radius 1 is 1.18 bits per heavy atom. The number of rotatable bonds is 11. The lowest BCUT2D eigenvalue weighted by molar-refractivity contribution is -0.160. The lowest BCUT2D eigenvalue weighted by Gasteiger charge is -2.33. The Labute approximate surface area is 201 Å². The predicted octanol–water partition coefficient (Wildman–Crippen LogP) is 2.18. The molecule has 3 aliphatic rings. The van der Waals surface area contributed by atoms with Gasteiger partial charge in [0.15, 0.2) is 0 Å². The molecule has 186 valence electrons. The number of hydrogen-bond donors (Lipinski definition) is 2. The smallest absolute Gasteiger partial charge is 0.312 e. The highest BCUT2D eigenvalue weighted by Gasteiger charge is 2.78. The van der Waals surface area contributed by atoms with Crippen LogP contribution in [0.3, 0.4) is 0 Å². The third-order valence-corrected chi connectivity index (χ3v) is 7.84. The summed E-state index contributed by atoms with van der Waals surface area (Å²) in [5.41, 5.74) is -0.828. The van der Waals surface area contributed by atoms with Crippen LogP contribution in [-0.4, -0.2) is 64.8 Å². The van der Waals surface area contributed by atoms with Gasteiger partial charge in [-0.15, -0.1) is 0 Å². The van der Waals surface area contributed by atoms with Crippen LogP contribution in [0.4, 0.5) is 0 Å². The van der Waals surface area contributed by atoms with Crippen LogP contribution in [0.25, 0.3) is 0 Å². The Bertz CT molecular complexity index is 908. The molecule has 34 heavy (non-hydrogen) atoms. The first-order valence-corrected chi connectivity index (χ1v) is 12.5. The molecular weight excluding hydrogens is 436 g/mol. The van der Waals surface area contributed by atoms with Crippen LogP contribution >= 0.6 is 0 Å². The van der Waals surface area contributed by atoms with E-state index in [0.717, 1.165) is 12.0 Å². The number of aliphatic hydroxyl groups excluding tert-OH is 1. The fourth-order valence-electron chi connectivity index (χ4n) is 6.30. The first-order chi connectivity index (χ1) is 16.4. The Morgan fingerprint density at radius 3 is 2.62 bits per heavy atom. The number of benzene rings is 1. The van der Waals surface area contributed by atoms with E-state index in [-0.39, 0.29) is 25.0 Å². The van der Waals surface area contributed by atoms with Crippen LogP contribution in [0.1, 0.15) is 57.9 Å². The second-order valence-electron chi connectivity index (χ2n) is 9.60. The van der Waals surface area contributed by atoms with Gasteiger partial charge in [-0.2, -0.15) is 0 Å². The number of likely N-dealkylation sites (tertiary alicyclic amines) is 1. The molecule has 2 N–H and O–H groups in total. The fourth-order valence-corrected chi connectivity index (χ4v) is 6.30. The summed E-state index contributed by atoms with van der Waals surface area (Å²) in [6, 6.07) is 8.83. The highest BCUT2D eigenvalue weighted by atomic mass is 16.6. The maximum absolute atomic E-state index is 13.8. The summed E-state index contributed by atoms with van der Waals surface area (Å²) in [6.07, 6.45) is 3.82. The van der Waals surface area contributed by atoms with Crippen LogP contribution < -0.4 is 5.32 Å². The summed E-state index contributed by atoms with van der Waals surface area (Å²) in [7, 11) is 0. The van der Waals surface area contributed by atoms with E-state index < -0.39 is 35.0 Å². The summed E-state index contributed by atoms with van der Waals surface area (Å²) < 4.78 is 12.0. The van der Waals surface area contributed by atoms with Crippen molar-refractivity contribution in [2.24, 2.45) is 11.8 Å². The second kappa shape index (κ2) is 10.0. The van der Waals surface area contributed by atoms with E-state index in [2.05, 4.69) is 5.32 Å². The topological polar surface area (TPSA) is 105 Å². The lowest BCUT2D eigenvalue weighted by atomic mass is 9.65. The van der Waals surface area contributed by atoms with Crippen molar-refractivity contribution >= 4 is 17.8 Å². The summed E-state index contributed by atoms with van der Waals surface area (Å²) in [6.45, 7) is 4.78. The molecule has 1 aromatic rings. The molecule has 3 heterocycles. The fraction of sp³-hybridized carbons (Fsp3) is 0.654. The van der Waals surface area contributed by atoms with Crippen molar-refractivity contribution in [3.8, 4) is 0 Å². The van der Waals surface area contributed by atoms with Gasteiger partial charge in [-0.05, 0) is 51.0 Å². The third-order valence-electron chi connectivity index (χ3n) is 7.84. The minimum absolute atomic E-state index is 0.0918. The van der Waals surface area contributed by atoms with Crippen molar-refractivity contribution in [3.05, 3.63) is 35.9 Å². The zero-order valence-corrected chi connectivity index (χ0v) is 20.1. The van der Waals surface area contributed by atoms with Crippen molar-refractivity contribution in [1.29, 1.82) is 0 Å². The van der Waals surface area contributed by atoms with Gasteiger partial charge in [0.2, 0.25) is 11.8 Å². The van der Waals surface area contributed by atoms with E-state index >= 15 is 0 Å². The Kier molecular flexibility index (Phi) is 7.28. The van der Waals surface area contributed by atoms with Crippen molar-refractivity contribution in [3.63, 3.8) is 0 Å². The first kappa shape index (κ1) is 24.7. The quantitative estimate of drug-likeness (QED) is 0.378. The summed E-state index contributed by atoms with van der Waals surface area (Å²) >= 11 is 0. The highest BCUT2D eigenvalue weighted by Crippen LogP contribution is 2.64. The van der Waals surface area contributed by atoms with Gasteiger partial charge < -0.3 is 24.8 Å². The molecule has 1 spiro atoms. The second-order valence-corrected chi connectivity index (χ2v) is 9.60. The molecule has 5 atom stereocenters. The first-order valence-electron chi connectivity index (χ1n) is 12.5. The highest BCUT2D eigenvalue weighted by molar-refractivity contribution is 5.98. The van der Waals surface area contributed by atoms with Crippen LogP contribution in [0.2, 0.25) is 0 Å². The number of esters is 1. The van der Waals surface area contributed by atoms with Crippen LogP contribution in [0, 0.1) is 11.8 Å². The number of ether oxygens (including phenoxy) is 2. The normalized spacial score (nSPS) is 31.6. The number of aliphatic hydroxyl groups is 1. The third kappa shape index (κ3) is 4.01. The van der Waals surface area contributed by atoms with Gasteiger partial charge in [-0.25, -0.2) is 0 Å². The van der Waals surface area contributed by atoms with E-state index in [9.17, 15) is 14.4 Å². The van der Waals surface area contributed by atoms with Crippen LogP contribution in [-0.2, 0) is 30.4 Å². The molecule has 2 bridgehead atoms. The Hall–Kier alpha value is -2.45. The molecular formula is C26H36N2O6. The van der Waals surface area contributed by atoms with Gasteiger partial charge in [0.05, 0.1) is 18.1 Å². The number of hydrogen-bond acceptors (Lipinski definition) is 6. The minimum atomic E-state index is -1.03. The molecule has 0 radical (unpaired) electrons. The van der Waals surface area contributed by atoms with Crippen LogP contribution in [0.15, 0.2) is 30.3 Å². The predicted molar refractivity (Wildman–Crippen MR) is 124 cm³/mol. The van der Waals surface area contributed by atoms with Gasteiger partial charge in [0, 0.05) is 19.7 Å². The number of carbonyl (C=O) groups is 3. The molecule has 1 aromatic carbocycles. The van der Waals surface area contributed by atoms with Crippen molar-refractivity contribution in [2.45, 2.75) is 76.2 Å². The van der Waals surface area contributed by atoms with Gasteiger partial charge >= 0.3 is 5.97 Å². The van der Waals surface area contributed by atoms with Crippen molar-refractivity contribution in [1.82, 2.24) is 10.2 Å². The average molecular weight is 473 g/mol. The number of unbranched alkanes of at least 4 members (excludes halogenated alkanes) is 2. The van der Waals surface area contributed by atoms with Gasteiger partial charge in [-0.3, -0.25) is 14.4 Å². The average Bonchev–Trinajstić information content (AvgIpc) is 3.45. The monoisotopic (exact) mass is 472 g/mol. The molecule has 3 saturated heterocycles. The molecule has 3 fully saturated rings. The molecule has 2 unspecified atom stereocenters. The summed E-state index contributed by atoms with van der Waals surface area (Å²) in [5.74, 6) is -2.28. The number of fused-ring (bicyclic) bond motifs is 1. The summed E-state index contributed by atoms with van der Waals surface area (Å²) in [4.78, 5) is 42.2. The van der Waals surface area contributed by atoms with E-state index in [0.29, 0.717) is 45.2 Å². The molecule has 2 amide bonds. The molecule has 4 rings (SSSR count). The van der Waals surface area contributed by atoms with E-state index in [1.54, 1.807) is 11.8 Å². The number of nitrogens with one attached hydrogen (secondary N) is 1. The molecule has 8 heteroatoms. The van der Waals surface area contributed by atoms with Crippen LogP contribution in [0.5, 0.6) is 0 Å². The van der Waals surface area contributed by atoms with Crippen molar-refractivity contribution in [2.75, 3.05) is 19.8 Å². The SMILES string of the molecule is CCOC(=O)[C@@H]1[C@H]2C(=O)N(CCCCCO)C(C(=O)NCc3ccccc3)C23CC[C@@]1(CC)O3. The van der Waals surface area contributed by atoms with E-state index in [1.165, 1.54) is 0 Å². The zero-order chi connectivity index (χ0) is 24.3. The molecule has 0 aromatic heterocycles. The number of nitrogens with zero attached hydrogens (tertiary/aromatic N) is 1. The Balaban J connectivity index is 1.64. The van der Waals surface area contributed by atoms with Gasteiger partial charge in [-0.1, -0.05) is 37.3 Å². The largest absolute Gasteiger partial charge is 0.466 e. The molecule has 8 nitrogen and oxygen atoms in total.